The Morgan fingerprint density at radius 2 is 2.05 bits per heavy atom. The zero-order valence-electron chi connectivity index (χ0n) is 12.4. The number of benzene rings is 1. The van der Waals surface area contributed by atoms with Crippen molar-refractivity contribution in [3.8, 4) is 5.75 Å². The van der Waals surface area contributed by atoms with Gasteiger partial charge >= 0.3 is 0 Å². The van der Waals surface area contributed by atoms with E-state index < -0.39 is 0 Å². The van der Waals surface area contributed by atoms with E-state index in [1.165, 1.54) is 19.8 Å². The first-order chi connectivity index (χ1) is 10.1. The molecule has 2 rings (SSSR count). The number of nitrogens with one attached hydrogen (secondary N) is 1. The van der Waals surface area contributed by atoms with Crippen LogP contribution < -0.4 is 10.1 Å². The summed E-state index contributed by atoms with van der Waals surface area (Å²) in [6, 6.07) is 8.73. The van der Waals surface area contributed by atoms with Gasteiger partial charge in [-0.15, -0.1) is 11.3 Å². The van der Waals surface area contributed by atoms with Crippen LogP contribution in [0.5, 0.6) is 5.75 Å². The van der Waals surface area contributed by atoms with Gasteiger partial charge in [0, 0.05) is 4.88 Å². The quantitative estimate of drug-likeness (QED) is 0.633. The van der Waals surface area contributed by atoms with Gasteiger partial charge in [0.25, 0.3) is 0 Å². The van der Waals surface area contributed by atoms with Crippen molar-refractivity contribution in [2.24, 2.45) is 0 Å². The second kappa shape index (κ2) is 7.77. The Kier molecular flexibility index (Phi) is 6.29. The van der Waals surface area contributed by atoms with E-state index in [1.807, 2.05) is 6.07 Å². The van der Waals surface area contributed by atoms with Gasteiger partial charge in [0.2, 0.25) is 0 Å². The first kappa shape index (κ1) is 17.0. The van der Waals surface area contributed by atoms with Gasteiger partial charge < -0.3 is 10.1 Å². The third kappa shape index (κ3) is 4.09. The van der Waals surface area contributed by atoms with Crippen LogP contribution >= 0.6 is 43.2 Å². The maximum Gasteiger partial charge on any atom is 0.133 e. The molecule has 1 atom stereocenters. The van der Waals surface area contributed by atoms with E-state index in [2.05, 4.69) is 69.2 Å². The molecule has 0 bridgehead atoms. The molecule has 2 nitrogen and oxygen atoms in total. The summed E-state index contributed by atoms with van der Waals surface area (Å²) in [4.78, 5) is 1.32. The van der Waals surface area contributed by atoms with Crippen LogP contribution in [0.15, 0.2) is 32.5 Å². The second-order valence-corrected chi connectivity index (χ2v) is 8.14. The first-order valence-electron chi connectivity index (χ1n) is 6.89. The molecule has 114 valence electrons. The molecule has 0 spiro atoms. The minimum absolute atomic E-state index is 0.210. The fourth-order valence-corrected chi connectivity index (χ4v) is 4.39. The molecule has 0 saturated heterocycles. The molecule has 0 radical (unpaired) electrons. The van der Waals surface area contributed by atoms with E-state index in [9.17, 15) is 0 Å². The van der Waals surface area contributed by atoms with Crippen LogP contribution in [0.1, 0.15) is 35.4 Å². The number of thiophene rings is 1. The third-order valence-corrected chi connectivity index (χ3v) is 6.09. The molecular formula is C16H19Br2NOS. The van der Waals surface area contributed by atoms with Crippen LogP contribution in [-0.4, -0.2) is 13.7 Å². The Hall–Kier alpha value is -0.360. The lowest BCUT2D eigenvalue weighted by atomic mass is 10.0. The highest BCUT2D eigenvalue weighted by molar-refractivity contribution is 9.11. The Morgan fingerprint density at radius 1 is 1.29 bits per heavy atom. The number of methoxy groups -OCH3 is 1. The fourth-order valence-electron chi connectivity index (χ4n) is 2.16. The van der Waals surface area contributed by atoms with E-state index in [0.29, 0.717) is 0 Å². The highest BCUT2D eigenvalue weighted by Gasteiger charge is 2.18. The summed E-state index contributed by atoms with van der Waals surface area (Å²) in [6.07, 6.45) is 1.11. The number of hydrogen-bond acceptors (Lipinski definition) is 3. The summed E-state index contributed by atoms with van der Waals surface area (Å²) in [5.41, 5.74) is 2.52. The van der Waals surface area contributed by atoms with E-state index in [0.717, 1.165) is 23.2 Å². The molecule has 0 saturated carbocycles. The van der Waals surface area contributed by atoms with Gasteiger partial charge in [-0.2, -0.15) is 0 Å². The molecule has 2 aromatic rings. The lowest BCUT2D eigenvalue weighted by Gasteiger charge is -2.18. The molecule has 1 unspecified atom stereocenters. The van der Waals surface area contributed by atoms with Gasteiger partial charge in [0.1, 0.15) is 5.75 Å². The molecule has 1 heterocycles. The second-order valence-electron chi connectivity index (χ2n) is 4.89. The summed E-state index contributed by atoms with van der Waals surface area (Å²) < 4.78 is 7.50. The minimum atomic E-state index is 0.210. The topological polar surface area (TPSA) is 21.3 Å². The summed E-state index contributed by atoms with van der Waals surface area (Å²) in [5.74, 6) is 0.858. The van der Waals surface area contributed by atoms with Crippen molar-refractivity contribution in [1.82, 2.24) is 5.32 Å². The average Bonchev–Trinajstić information content (AvgIpc) is 2.79. The van der Waals surface area contributed by atoms with Crippen LogP contribution in [-0.2, 0) is 0 Å². The van der Waals surface area contributed by atoms with Gasteiger partial charge in [-0.05, 0) is 81.1 Å². The van der Waals surface area contributed by atoms with Gasteiger partial charge in [0.05, 0.1) is 21.4 Å². The standard InChI is InChI=1S/C16H19Br2NOS/c1-4-7-19-15(14-8-10(2)16(18)21-14)11-5-6-13(20-3)12(17)9-11/h5-6,8-9,15,19H,4,7H2,1-3H3. The zero-order chi connectivity index (χ0) is 15.4. The van der Waals surface area contributed by atoms with Gasteiger partial charge in [0.15, 0.2) is 0 Å². The maximum absolute atomic E-state index is 5.32. The smallest absolute Gasteiger partial charge is 0.133 e. The van der Waals surface area contributed by atoms with Crippen molar-refractivity contribution < 1.29 is 4.74 Å². The van der Waals surface area contributed by atoms with Gasteiger partial charge in [-0.25, -0.2) is 0 Å². The zero-order valence-corrected chi connectivity index (χ0v) is 16.4. The number of halogens is 2. The normalized spacial score (nSPS) is 12.4. The summed E-state index contributed by atoms with van der Waals surface area (Å²) in [7, 11) is 1.69. The number of rotatable bonds is 6. The monoisotopic (exact) mass is 431 g/mol. The molecule has 1 N–H and O–H groups in total. The van der Waals surface area contributed by atoms with E-state index in [4.69, 9.17) is 4.74 Å². The molecular weight excluding hydrogens is 414 g/mol. The van der Waals surface area contributed by atoms with Crippen molar-refractivity contribution in [2.75, 3.05) is 13.7 Å². The molecule has 21 heavy (non-hydrogen) atoms. The summed E-state index contributed by atoms with van der Waals surface area (Å²) in [6.45, 7) is 5.30. The molecule has 0 fully saturated rings. The SMILES string of the molecule is CCCNC(c1ccc(OC)c(Br)c1)c1cc(C)c(Br)s1. The van der Waals surface area contributed by atoms with E-state index >= 15 is 0 Å². The summed E-state index contributed by atoms with van der Waals surface area (Å²) >= 11 is 8.99. The molecule has 0 amide bonds. The number of ether oxygens (including phenoxy) is 1. The van der Waals surface area contributed by atoms with E-state index in [1.54, 1.807) is 18.4 Å². The Bertz CT molecular complexity index is 593. The Morgan fingerprint density at radius 3 is 2.57 bits per heavy atom. The van der Waals surface area contributed by atoms with E-state index in [-0.39, 0.29) is 6.04 Å². The third-order valence-electron chi connectivity index (χ3n) is 3.27. The van der Waals surface area contributed by atoms with Crippen LogP contribution in [0, 0.1) is 6.92 Å². The molecule has 0 aliphatic rings. The number of aryl methyl sites for hydroxylation is 1. The highest BCUT2D eigenvalue weighted by atomic mass is 79.9. The molecule has 0 aliphatic carbocycles. The maximum atomic E-state index is 5.32. The van der Waals surface area contributed by atoms with Crippen molar-refractivity contribution in [3.05, 3.63) is 48.5 Å². The van der Waals surface area contributed by atoms with Crippen molar-refractivity contribution in [3.63, 3.8) is 0 Å². The van der Waals surface area contributed by atoms with Gasteiger partial charge in [-0.1, -0.05) is 13.0 Å². The molecule has 1 aromatic heterocycles. The predicted octanol–water partition coefficient (Wildman–Crippen LogP) is 5.68. The Balaban J connectivity index is 2.37. The molecule has 0 aliphatic heterocycles. The highest BCUT2D eigenvalue weighted by Crippen LogP contribution is 2.36. The fraction of sp³-hybridized carbons (Fsp3) is 0.375. The van der Waals surface area contributed by atoms with Gasteiger partial charge in [-0.3, -0.25) is 0 Å². The first-order valence-corrected chi connectivity index (χ1v) is 9.29. The lowest BCUT2D eigenvalue weighted by molar-refractivity contribution is 0.411. The van der Waals surface area contributed by atoms with Crippen LogP contribution in [0.3, 0.4) is 0 Å². The van der Waals surface area contributed by atoms with Crippen LogP contribution in [0.2, 0.25) is 0 Å². The largest absolute Gasteiger partial charge is 0.496 e. The van der Waals surface area contributed by atoms with Crippen molar-refractivity contribution in [2.45, 2.75) is 26.3 Å². The lowest BCUT2D eigenvalue weighted by Crippen LogP contribution is -2.22. The molecule has 1 aromatic carbocycles. The van der Waals surface area contributed by atoms with Crippen LogP contribution in [0.4, 0.5) is 0 Å². The van der Waals surface area contributed by atoms with Crippen molar-refractivity contribution in [1.29, 1.82) is 0 Å². The molecule has 5 heteroatoms. The van der Waals surface area contributed by atoms with Crippen molar-refractivity contribution >= 4 is 43.2 Å². The van der Waals surface area contributed by atoms with Crippen LogP contribution in [0.25, 0.3) is 0 Å². The Labute approximate surface area is 147 Å². The predicted molar refractivity (Wildman–Crippen MR) is 97.6 cm³/mol. The number of hydrogen-bond donors (Lipinski definition) is 1. The summed E-state index contributed by atoms with van der Waals surface area (Å²) in [5, 5.41) is 3.64. The average molecular weight is 433 g/mol. The minimum Gasteiger partial charge on any atom is -0.496 e.